The first kappa shape index (κ1) is 30.9. The standard InChI is InChI=1S/C26H35N3O5S4/c1-3-35-15-17-37-13-10-27(11-14-38-18-16-36-4-2)21-7-5-19-23-20(6-8-22(24(21)23)29(33)34)26(32)28(9-12-30)25(19)31/h5-8,30H,3-4,9-18H2,1-2H3. The first-order valence-electron chi connectivity index (χ1n) is 12.7. The van der Waals surface area contributed by atoms with Crippen LogP contribution in [0.25, 0.3) is 10.8 Å². The summed E-state index contributed by atoms with van der Waals surface area (Å²) in [5, 5.41) is 22.2. The molecule has 0 saturated heterocycles. The summed E-state index contributed by atoms with van der Waals surface area (Å²) in [5.41, 5.74) is 1.08. The molecule has 0 atom stereocenters. The van der Waals surface area contributed by atoms with Crippen LogP contribution in [0.5, 0.6) is 0 Å². The number of nitrogens with zero attached hydrogens (tertiary/aromatic N) is 3. The molecule has 1 aliphatic rings. The maximum absolute atomic E-state index is 13.2. The van der Waals surface area contributed by atoms with Crippen molar-refractivity contribution in [2.45, 2.75) is 13.8 Å². The highest BCUT2D eigenvalue weighted by Crippen LogP contribution is 2.41. The highest BCUT2D eigenvalue weighted by molar-refractivity contribution is 8.03. The minimum absolute atomic E-state index is 0.110. The van der Waals surface area contributed by atoms with Gasteiger partial charge in [0.2, 0.25) is 0 Å². The molecule has 2 aromatic carbocycles. The van der Waals surface area contributed by atoms with Gasteiger partial charge >= 0.3 is 0 Å². The molecule has 0 fully saturated rings. The van der Waals surface area contributed by atoms with Crippen LogP contribution >= 0.6 is 47.0 Å². The smallest absolute Gasteiger partial charge is 0.279 e. The molecule has 0 spiro atoms. The maximum Gasteiger partial charge on any atom is 0.279 e. The normalized spacial score (nSPS) is 13.0. The topological polar surface area (TPSA) is 104 Å². The number of carbonyl (C=O) groups is 2. The summed E-state index contributed by atoms with van der Waals surface area (Å²) >= 11 is 7.55. The third-order valence-electron chi connectivity index (χ3n) is 6.09. The fourth-order valence-corrected chi connectivity index (χ4v) is 7.92. The predicted octanol–water partition coefficient (Wildman–Crippen LogP) is 5.12. The van der Waals surface area contributed by atoms with E-state index < -0.39 is 16.7 Å². The molecule has 2 amide bonds. The number of aliphatic hydroxyl groups is 1. The van der Waals surface area contributed by atoms with E-state index in [9.17, 15) is 24.8 Å². The van der Waals surface area contributed by atoms with Crippen molar-refractivity contribution in [3.05, 3.63) is 45.5 Å². The van der Waals surface area contributed by atoms with Gasteiger partial charge in [0, 0.05) is 70.2 Å². The average Bonchev–Trinajstić information content (AvgIpc) is 2.91. The van der Waals surface area contributed by atoms with Gasteiger partial charge in [0.15, 0.2) is 0 Å². The molecule has 2 aromatic rings. The van der Waals surface area contributed by atoms with Crippen LogP contribution in [0.2, 0.25) is 0 Å². The van der Waals surface area contributed by atoms with Gasteiger partial charge in [-0.15, -0.1) is 0 Å². The second-order valence-corrected chi connectivity index (χ2v) is 13.6. The first-order chi connectivity index (χ1) is 18.5. The molecule has 0 radical (unpaired) electrons. The van der Waals surface area contributed by atoms with Gasteiger partial charge in [-0.1, -0.05) is 13.8 Å². The number of non-ortho nitro benzene ring substituents is 1. The Hall–Kier alpha value is -1.60. The second-order valence-electron chi connectivity index (χ2n) is 8.36. The SMILES string of the molecule is CCSCCSCCN(CCSCCSCC)c1ccc2c3c(ccc([N+](=O)[O-])c13)C(=O)N(CCO)C2=O. The van der Waals surface area contributed by atoms with Gasteiger partial charge in [0.25, 0.3) is 17.5 Å². The Labute approximate surface area is 241 Å². The number of imide groups is 1. The molecular formula is C26H35N3O5S4. The van der Waals surface area contributed by atoms with Crippen LogP contribution in [0.4, 0.5) is 11.4 Å². The number of hydrogen-bond acceptors (Lipinski definition) is 10. The van der Waals surface area contributed by atoms with Gasteiger partial charge in [-0.25, -0.2) is 0 Å². The fraction of sp³-hybridized carbons (Fsp3) is 0.538. The van der Waals surface area contributed by atoms with E-state index in [1.54, 1.807) is 12.1 Å². The minimum Gasteiger partial charge on any atom is -0.395 e. The molecule has 0 saturated carbocycles. The summed E-state index contributed by atoms with van der Waals surface area (Å²) in [6.45, 7) is 5.25. The number of anilines is 1. The van der Waals surface area contributed by atoms with Crippen molar-refractivity contribution >= 4 is 81.0 Å². The molecular weight excluding hydrogens is 563 g/mol. The van der Waals surface area contributed by atoms with E-state index in [0.29, 0.717) is 29.5 Å². The number of carbonyl (C=O) groups excluding carboxylic acids is 2. The molecule has 1 aliphatic heterocycles. The van der Waals surface area contributed by atoms with Crippen molar-refractivity contribution < 1.29 is 19.6 Å². The molecule has 38 heavy (non-hydrogen) atoms. The zero-order valence-electron chi connectivity index (χ0n) is 21.8. The van der Waals surface area contributed by atoms with Crippen molar-refractivity contribution in [1.29, 1.82) is 0 Å². The summed E-state index contributed by atoms with van der Waals surface area (Å²) in [4.78, 5) is 41.2. The van der Waals surface area contributed by atoms with Crippen molar-refractivity contribution in [3.8, 4) is 0 Å². The molecule has 0 aromatic heterocycles. The van der Waals surface area contributed by atoms with Crippen LogP contribution in [0.15, 0.2) is 24.3 Å². The first-order valence-corrected chi connectivity index (χ1v) is 17.3. The maximum atomic E-state index is 13.2. The Morgan fingerprint density at radius 2 is 1.34 bits per heavy atom. The van der Waals surface area contributed by atoms with Crippen LogP contribution in [0.1, 0.15) is 34.6 Å². The van der Waals surface area contributed by atoms with Crippen molar-refractivity contribution in [2.24, 2.45) is 0 Å². The third-order valence-corrected chi connectivity index (χ3v) is 10.3. The average molecular weight is 598 g/mol. The van der Waals surface area contributed by atoms with Crippen LogP contribution in [0, 0.1) is 10.1 Å². The van der Waals surface area contributed by atoms with Gasteiger partial charge in [0.05, 0.1) is 29.1 Å². The Bertz CT molecular complexity index is 1100. The summed E-state index contributed by atoms with van der Waals surface area (Å²) in [6, 6.07) is 6.25. The van der Waals surface area contributed by atoms with E-state index in [4.69, 9.17) is 0 Å². The van der Waals surface area contributed by atoms with E-state index in [1.165, 1.54) is 12.1 Å². The minimum atomic E-state index is -0.534. The highest BCUT2D eigenvalue weighted by atomic mass is 32.2. The highest BCUT2D eigenvalue weighted by Gasteiger charge is 2.36. The molecule has 8 nitrogen and oxygen atoms in total. The molecule has 12 heteroatoms. The van der Waals surface area contributed by atoms with E-state index >= 15 is 0 Å². The molecule has 0 unspecified atom stereocenters. The Kier molecular flexibility index (Phi) is 12.9. The number of hydrogen-bond donors (Lipinski definition) is 1. The number of amides is 2. The Morgan fingerprint density at radius 1 is 0.816 bits per heavy atom. The number of nitro benzene ring substituents is 1. The zero-order valence-corrected chi connectivity index (χ0v) is 25.1. The van der Waals surface area contributed by atoms with E-state index in [0.717, 1.165) is 50.9 Å². The number of β-amino-alcohol motifs (C(OH)–C–C–N with tert-alkyl or cyclic N) is 1. The number of thioether (sulfide) groups is 4. The predicted molar refractivity (Wildman–Crippen MR) is 166 cm³/mol. The number of rotatable bonds is 18. The molecule has 1 heterocycles. The molecule has 1 N–H and O–H groups in total. The largest absolute Gasteiger partial charge is 0.395 e. The van der Waals surface area contributed by atoms with Crippen LogP contribution < -0.4 is 4.90 Å². The van der Waals surface area contributed by atoms with Crippen LogP contribution in [-0.4, -0.2) is 99.0 Å². The lowest BCUT2D eigenvalue weighted by molar-refractivity contribution is -0.383. The van der Waals surface area contributed by atoms with Crippen LogP contribution in [0.3, 0.4) is 0 Å². The molecule has 3 rings (SSSR count). The van der Waals surface area contributed by atoms with Gasteiger partial charge in [-0.3, -0.25) is 24.6 Å². The van der Waals surface area contributed by atoms with Gasteiger partial charge in [-0.05, 0) is 29.7 Å². The monoisotopic (exact) mass is 597 g/mol. The van der Waals surface area contributed by atoms with Gasteiger partial charge in [-0.2, -0.15) is 47.0 Å². The lowest BCUT2D eigenvalue weighted by Crippen LogP contribution is -2.42. The summed E-state index contributed by atoms with van der Waals surface area (Å²) in [7, 11) is 0. The van der Waals surface area contributed by atoms with Gasteiger partial charge in [0.1, 0.15) is 0 Å². The van der Waals surface area contributed by atoms with E-state index in [2.05, 4.69) is 18.7 Å². The van der Waals surface area contributed by atoms with Crippen molar-refractivity contribution in [2.75, 3.05) is 77.2 Å². The van der Waals surface area contributed by atoms with E-state index in [1.807, 2.05) is 47.0 Å². The Balaban J connectivity index is 1.99. The van der Waals surface area contributed by atoms with Crippen molar-refractivity contribution in [3.63, 3.8) is 0 Å². The summed E-state index contributed by atoms with van der Waals surface area (Å²) in [6.07, 6.45) is 0. The quantitative estimate of drug-likeness (QED) is 0.108. The van der Waals surface area contributed by atoms with E-state index in [-0.39, 0.29) is 30.0 Å². The molecule has 208 valence electrons. The summed E-state index contributed by atoms with van der Waals surface area (Å²) < 4.78 is 0. The lowest BCUT2D eigenvalue weighted by atomic mass is 9.91. The zero-order chi connectivity index (χ0) is 27.5. The summed E-state index contributed by atoms with van der Waals surface area (Å²) in [5.74, 6) is 7.14. The number of nitro groups is 1. The van der Waals surface area contributed by atoms with Gasteiger partial charge < -0.3 is 10.0 Å². The van der Waals surface area contributed by atoms with Crippen molar-refractivity contribution in [1.82, 2.24) is 4.90 Å². The Morgan fingerprint density at radius 3 is 1.84 bits per heavy atom. The number of aliphatic hydroxyl groups excluding tert-OH is 1. The fourth-order valence-electron chi connectivity index (χ4n) is 4.35. The molecule has 0 bridgehead atoms. The second kappa shape index (κ2) is 15.9. The number of benzene rings is 2. The van der Waals surface area contributed by atoms with Crippen LogP contribution in [-0.2, 0) is 0 Å². The lowest BCUT2D eigenvalue weighted by Gasteiger charge is -2.30. The molecule has 0 aliphatic carbocycles. The third kappa shape index (κ3) is 7.53.